The minimum atomic E-state index is -4.40. The Morgan fingerprint density at radius 2 is 1.93 bits per heavy atom. The Hall–Kier alpha value is -3.07. The molecule has 0 bridgehead atoms. The number of benzene rings is 2. The summed E-state index contributed by atoms with van der Waals surface area (Å²) in [5, 5.41) is 0. The Morgan fingerprint density at radius 3 is 2.66 bits per heavy atom. The number of carbonyl (C=O) groups excluding carboxylic acids is 1. The second kappa shape index (κ2) is 7.75. The SMILES string of the molecule is O=C(c1nc2ccccc2[nH]1)N1CCOCC(Oc2ccc(C(F)(F)F)cc2)C1. The minimum Gasteiger partial charge on any atom is -0.486 e. The fourth-order valence-electron chi connectivity index (χ4n) is 3.15. The van der Waals surface area contributed by atoms with Gasteiger partial charge in [-0.1, -0.05) is 12.1 Å². The van der Waals surface area contributed by atoms with Gasteiger partial charge in [-0.05, 0) is 36.4 Å². The molecule has 1 atom stereocenters. The predicted octanol–water partition coefficient (Wildman–Crippen LogP) is 3.50. The maximum absolute atomic E-state index is 12.9. The second-order valence-corrected chi connectivity index (χ2v) is 6.69. The summed E-state index contributed by atoms with van der Waals surface area (Å²) in [4.78, 5) is 21.8. The molecule has 3 aromatic rings. The maximum atomic E-state index is 12.9. The van der Waals surface area contributed by atoms with Gasteiger partial charge in [0.15, 0.2) is 5.82 Å². The molecular formula is C20H18F3N3O3. The summed E-state index contributed by atoms with van der Waals surface area (Å²) >= 11 is 0. The van der Waals surface area contributed by atoms with E-state index in [-0.39, 0.29) is 30.6 Å². The second-order valence-electron chi connectivity index (χ2n) is 6.69. The van der Waals surface area contributed by atoms with Gasteiger partial charge in [0.25, 0.3) is 5.91 Å². The highest BCUT2D eigenvalue weighted by Gasteiger charge is 2.30. The average Bonchev–Trinajstić information content (AvgIpc) is 3.00. The zero-order valence-corrected chi connectivity index (χ0v) is 15.3. The number of aromatic amines is 1. The summed E-state index contributed by atoms with van der Waals surface area (Å²) in [7, 11) is 0. The van der Waals surface area contributed by atoms with Gasteiger partial charge in [-0.15, -0.1) is 0 Å². The van der Waals surface area contributed by atoms with E-state index in [9.17, 15) is 18.0 Å². The Kier molecular flexibility index (Phi) is 5.14. The molecule has 0 spiro atoms. The first-order valence-electron chi connectivity index (χ1n) is 9.06. The molecule has 1 fully saturated rings. The van der Waals surface area contributed by atoms with E-state index >= 15 is 0 Å². The lowest BCUT2D eigenvalue weighted by atomic mass is 10.2. The third-order valence-corrected chi connectivity index (χ3v) is 4.60. The van der Waals surface area contributed by atoms with E-state index in [1.165, 1.54) is 12.1 Å². The highest BCUT2D eigenvalue weighted by atomic mass is 19.4. The zero-order valence-electron chi connectivity index (χ0n) is 15.3. The number of ether oxygens (including phenoxy) is 2. The van der Waals surface area contributed by atoms with Crippen molar-refractivity contribution >= 4 is 16.9 Å². The predicted molar refractivity (Wildman–Crippen MR) is 98.7 cm³/mol. The van der Waals surface area contributed by atoms with Crippen molar-refractivity contribution in [1.82, 2.24) is 14.9 Å². The van der Waals surface area contributed by atoms with Crippen molar-refractivity contribution in [1.29, 1.82) is 0 Å². The van der Waals surface area contributed by atoms with Crippen molar-refractivity contribution in [2.45, 2.75) is 12.3 Å². The van der Waals surface area contributed by atoms with Crippen LogP contribution in [0.1, 0.15) is 16.2 Å². The van der Waals surface area contributed by atoms with Crippen LogP contribution in [-0.4, -0.2) is 53.2 Å². The summed E-state index contributed by atoms with van der Waals surface area (Å²) in [5.74, 6) is 0.221. The number of carbonyl (C=O) groups is 1. The van der Waals surface area contributed by atoms with Crippen molar-refractivity contribution in [3.63, 3.8) is 0 Å². The molecule has 1 aromatic heterocycles. The minimum absolute atomic E-state index is 0.224. The van der Waals surface area contributed by atoms with Crippen LogP contribution >= 0.6 is 0 Å². The van der Waals surface area contributed by atoms with Crippen molar-refractivity contribution in [2.24, 2.45) is 0 Å². The highest BCUT2D eigenvalue weighted by Crippen LogP contribution is 2.30. The number of nitrogens with one attached hydrogen (secondary N) is 1. The van der Waals surface area contributed by atoms with Gasteiger partial charge in [0.2, 0.25) is 0 Å². The van der Waals surface area contributed by atoms with Crippen molar-refractivity contribution in [2.75, 3.05) is 26.3 Å². The molecule has 1 N–H and O–H groups in total. The number of hydrogen-bond acceptors (Lipinski definition) is 4. The fourth-order valence-corrected chi connectivity index (χ4v) is 3.15. The van der Waals surface area contributed by atoms with Crippen LogP contribution in [0.3, 0.4) is 0 Å². The molecule has 1 aliphatic rings. The number of alkyl halides is 3. The Labute approximate surface area is 164 Å². The number of amides is 1. The van der Waals surface area contributed by atoms with Gasteiger partial charge >= 0.3 is 6.18 Å². The van der Waals surface area contributed by atoms with Crippen LogP contribution in [-0.2, 0) is 10.9 Å². The Balaban J connectivity index is 1.46. The molecular weight excluding hydrogens is 387 g/mol. The normalized spacial score (nSPS) is 17.9. The average molecular weight is 405 g/mol. The number of fused-ring (bicyclic) bond motifs is 1. The number of nitrogens with zero attached hydrogens (tertiary/aromatic N) is 2. The number of halogens is 3. The smallest absolute Gasteiger partial charge is 0.416 e. The van der Waals surface area contributed by atoms with Crippen molar-refractivity contribution in [3.8, 4) is 5.75 Å². The molecule has 29 heavy (non-hydrogen) atoms. The molecule has 0 radical (unpaired) electrons. The van der Waals surface area contributed by atoms with Crippen LogP contribution in [0.25, 0.3) is 11.0 Å². The molecule has 1 saturated heterocycles. The first kappa shape index (κ1) is 19.3. The molecule has 0 saturated carbocycles. The van der Waals surface area contributed by atoms with Crippen LogP contribution in [0.2, 0.25) is 0 Å². The topological polar surface area (TPSA) is 67.5 Å². The van der Waals surface area contributed by atoms with E-state index in [1.807, 2.05) is 24.3 Å². The van der Waals surface area contributed by atoms with Gasteiger partial charge in [0.1, 0.15) is 11.9 Å². The van der Waals surface area contributed by atoms with Gasteiger partial charge in [-0.3, -0.25) is 4.79 Å². The standard InChI is InChI=1S/C20H18F3N3O3/c21-20(22,23)13-5-7-14(8-6-13)29-15-11-26(9-10-28-12-15)19(27)18-24-16-3-1-2-4-17(16)25-18/h1-8,15H,9-12H2,(H,24,25). The van der Waals surface area contributed by atoms with Gasteiger partial charge in [-0.25, -0.2) is 4.98 Å². The molecule has 1 amide bonds. The van der Waals surface area contributed by atoms with Crippen LogP contribution in [0.15, 0.2) is 48.5 Å². The summed E-state index contributed by atoms with van der Waals surface area (Å²) in [5.41, 5.74) is 0.711. The summed E-state index contributed by atoms with van der Waals surface area (Å²) in [6.07, 6.45) is -4.91. The number of para-hydroxylation sites is 2. The van der Waals surface area contributed by atoms with E-state index in [0.29, 0.717) is 18.7 Å². The Bertz CT molecular complexity index is 968. The molecule has 2 aromatic carbocycles. The first-order valence-corrected chi connectivity index (χ1v) is 9.06. The summed E-state index contributed by atoms with van der Waals surface area (Å²) in [6, 6.07) is 11.8. The third-order valence-electron chi connectivity index (χ3n) is 4.60. The lowest BCUT2D eigenvalue weighted by molar-refractivity contribution is -0.137. The van der Waals surface area contributed by atoms with Crippen molar-refractivity contribution < 1.29 is 27.4 Å². The summed E-state index contributed by atoms with van der Waals surface area (Å²) in [6.45, 7) is 1.16. The van der Waals surface area contributed by atoms with Gasteiger partial charge < -0.3 is 19.4 Å². The van der Waals surface area contributed by atoms with E-state index in [2.05, 4.69) is 9.97 Å². The largest absolute Gasteiger partial charge is 0.486 e. The lowest BCUT2D eigenvalue weighted by Crippen LogP contribution is -2.40. The molecule has 1 unspecified atom stereocenters. The van der Waals surface area contributed by atoms with E-state index < -0.39 is 17.8 Å². The number of rotatable bonds is 3. The van der Waals surface area contributed by atoms with Gasteiger partial charge in [-0.2, -0.15) is 13.2 Å². The van der Waals surface area contributed by atoms with Crippen LogP contribution in [0.4, 0.5) is 13.2 Å². The van der Waals surface area contributed by atoms with Crippen LogP contribution in [0.5, 0.6) is 5.75 Å². The first-order chi connectivity index (χ1) is 13.9. The molecule has 0 aliphatic carbocycles. The van der Waals surface area contributed by atoms with Crippen LogP contribution in [0, 0.1) is 0 Å². The summed E-state index contributed by atoms with van der Waals surface area (Å²) < 4.78 is 49.4. The molecule has 9 heteroatoms. The van der Waals surface area contributed by atoms with E-state index in [1.54, 1.807) is 4.90 Å². The monoisotopic (exact) mass is 405 g/mol. The highest BCUT2D eigenvalue weighted by molar-refractivity contribution is 5.94. The number of hydrogen-bond donors (Lipinski definition) is 1. The lowest BCUT2D eigenvalue weighted by Gasteiger charge is -2.23. The quantitative estimate of drug-likeness (QED) is 0.724. The fraction of sp³-hybridized carbons (Fsp3) is 0.300. The molecule has 152 valence electrons. The molecule has 1 aliphatic heterocycles. The third kappa shape index (κ3) is 4.34. The van der Waals surface area contributed by atoms with Crippen LogP contribution < -0.4 is 4.74 Å². The van der Waals surface area contributed by atoms with Gasteiger partial charge in [0, 0.05) is 6.54 Å². The van der Waals surface area contributed by atoms with E-state index in [4.69, 9.17) is 9.47 Å². The number of H-pyrrole nitrogens is 1. The number of imidazole rings is 1. The van der Waals surface area contributed by atoms with Gasteiger partial charge in [0.05, 0.1) is 36.4 Å². The molecule has 2 heterocycles. The maximum Gasteiger partial charge on any atom is 0.416 e. The molecule has 4 rings (SSSR count). The zero-order chi connectivity index (χ0) is 20.4. The molecule has 6 nitrogen and oxygen atoms in total. The van der Waals surface area contributed by atoms with Crippen molar-refractivity contribution in [3.05, 3.63) is 59.9 Å². The number of aromatic nitrogens is 2. The Morgan fingerprint density at radius 1 is 1.17 bits per heavy atom. The van der Waals surface area contributed by atoms with E-state index in [0.717, 1.165) is 17.6 Å².